The lowest BCUT2D eigenvalue weighted by atomic mass is 10.2. The maximum Gasteiger partial charge on any atom is 0.387 e. The molecule has 0 aliphatic heterocycles. The SMILES string of the molecule is N#Cc1ccc2c(S(=O)(=O)Nc3cc(F)c(OC(F)F)cc3F)c[nH]c2c1. The van der Waals surface area contributed by atoms with Crippen molar-refractivity contribution in [3.05, 3.63) is 53.7 Å². The number of halogens is 4. The Labute approximate surface area is 150 Å². The first-order valence-electron chi connectivity index (χ1n) is 7.19. The molecule has 0 bridgehead atoms. The Morgan fingerprint density at radius 2 is 1.89 bits per heavy atom. The number of nitrogens with zero attached hydrogens (tertiary/aromatic N) is 1. The first kappa shape index (κ1) is 18.5. The fourth-order valence-electron chi connectivity index (χ4n) is 2.38. The molecule has 0 radical (unpaired) electrons. The zero-order valence-corrected chi connectivity index (χ0v) is 14.0. The van der Waals surface area contributed by atoms with Crippen LogP contribution in [0.15, 0.2) is 41.4 Å². The van der Waals surface area contributed by atoms with Gasteiger partial charge in [0.1, 0.15) is 4.90 Å². The molecule has 0 unspecified atom stereocenters. The average molecular weight is 399 g/mol. The second kappa shape index (κ2) is 6.81. The number of aromatic nitrogens is 1. The molecule has 1 aromatic heterocycles. The van der Waals surface area contributed by atoms with Crippen molar-refractivity contribution in [1.82, 2.24) is 4.98 Å². The van der Waals surface area contributed by atoms with E-state index in [0.29, 0.717) is 23.2 Å². The van der Waals surface area contributed by atoms with Gasteiger partial charge in [-0.3, -0.25) is 4.72 Å². The number of ether oxygens (including phenoxy) is 1. The van der Waals surface area contributed by atoms with Gasteiger partial charge < -0.3 is 9.72 Å². The number of anilines is 1. The molecule has 0 fully saturated rings. The van der Waals surface area contributed by atoms with E-state index in [0.717, 1.165) is 6.20 Å². The highest BCUT2D eigenvalue weighted by molar-refractivity contribution is 7.93. The van der Waals surface area contributed by atoms with Gasteiger partial charge in [0.15, 0.2) is 17.4 Å². The lowest BCUT2D eigenvalue weighted by molar-refractivity contribution is -0.0523. The molecule has 3 aromatic rings. The molecular weight excluding hydrogens is 390 g/mol. The molecule has 0 saturated carbocycles. The third-order valence-corrected chi connectivity index (χ3v) is 4.95. The Balaban J connectivity index is 1.98. The third kappa shape index (κ3) is 3.65. The summed E-state index contributed by atoms with van der Waals surface area (Å²) in [5.74, 6) is -3.73. The van der Waals surface area contributed by atoms with Crippen LogP contribution >= 0.6 is 0 Å². The first-order valence-corrected chi connectivity index (χ1v) is 8.67. The smallest absolute Gasteiger partial charge is 0.387 e. The topological polar surface area (TPSA) is 95.0 Å². The minimum absolute atomic E-state index is 0.222. The lowest BCUT2D eigenvalue weighted by Crippen LogP contribution is -2.14. The first-order chi connectivity index (χ1) is 12.7. The highest BCUT2D eigenvalue weighted by atomic mass is 32.2. The molecule has 0 spiro atoms. The van der Waals surface area contributed by atoms with Gasteiger partial charge in [-0.05, 0) is 12.1 Å². The van der Waals surface area contributed by atoms with Gasteiger partial charge in [-0.1, -0.05) is 6.07 Å². The number of rotatable bonds is 5. The van der Waals surface area contributed by atoms with Gasteiger partial charge in [-0.25, -0.2) is 17.2 Å². The quantitative estimate of drug-likeness (QED) is 0.640. The van der Waals surface area contributed by atoms with E-state index in [1.165, 1.54) is 18.2 Å². The summed E-state index contributed by atoms with van der Waals surface area (Å²) in [6.07, 6.45) is 1.12. The zero-order valence-electron chi connectivity index (χ0n) is 13.1. The molecule has 11 heteroatoms. The number of nitriles is 1. The predicted octanol–water partition coefficient (Wildman–Crippen LogP) is 3.72. The van der Waals surface area contributed by atoms with E-state index >= 15 is 0 Å². The maximum absolute atomic E-state index is 14.0. The van der Waals surface area contributed by atoms with Gasteiger partial charge in [-0.15, -0.1) is 0 Å². The van der Waals surface area contributed by atoms with Crippen LogP contribution in [0.3, 0.4) is 0 Å². The number of alkyl halides is 2. The summed E-state index contributed by atoms with van der Waals surface area (Å²) in [5, 5.41) is 9.09. The van der Waals surface area contributed by atoms with Crippen LogP contribution in [0.1, 0.15) is 5.56 Å². The summed E-state index contributed by atoms with van der Waals surface area (Å²) in [4.78, 5) is 2.40. The van der Waals surface area contributed by atoms with Gasteiger partial charge >= 0.3 is 6.61 Å². The van der Waals surface area contributed by atoms with Crippen LogP contribution in [0.2, 0.25) is 0 Å². The Bertz CT molecular complexity index is 1170. The molecule has 0 aliphatic rings. The summed E-state index contributed by atoms with van der Waals surface area (Å²) in [6.45, 7) is -3.37. The fraction of sp³-hybridized carbons (Fsp3) is 0.0625. The number of sulfonamides is 1. The Morgan fingerprint density at radius 3 is 2.56 bits per heavy atom. The van der Waals surface area contributed by atoms with Crippen molar-refractivity contribution in [1.29, 1.82) is 5.26 Å². The lowest BCUT2D eigenvalue weighted by Gasteiger charge is -2.11. The van der Waals surface area contributed by atoms with E-state index in [1.807, 2.05) is 10.8 Å². The van der Waals surface area contributed by atoms with Crippen molar-refractivity contribution in [3.63, 3.8) is 0 Å². The van der Waals surface area contributed by atoms with Crippen LogP contribution in [0.25, 0.3) is 10.9 Å². The average Bonchev–Trinajstić information content (AvgIpc) is 3.02. The molecule has 140 valence electrons. The standard InChI is InChI=1S/C16H9F4N3O3S/c17-10-5-14(26-16(19)20)11(18)4-13(10)23-27(24,25)15-7-22-12-3-8(6-21)1-2-9(12)15/h1-5,7,16,22-23H. The van der Waals surface area contributed by atoms with E-state index < -0.39 is 39.7 Å². The van der Waals surface area contributed by atoms with Crippen LogP contribution in [-0.4, -0.2) is 20.0 Å². The van der Waals surface area contributed by atoms with Crippen LogP contribution < -0.4 is 9.46 Å². The summed E-state index contributed by atoms with van der Waals surface area (Å²) < 4.78 is 82.7. The van der Waals surface area contributed by atoms with Crippen LogP contribution in [-0.2, 0) is 10.0 Å². The molecule has 0 atom stereocenters. The van der Waals surface area contributed by atoms with Crippen LogP contribution in [0.5, 0.6) is 5.75 Å². The van der Waals surface area contributed by atoms with Crippen molar-refractivity contribution in [2.45, 2.75) is 11.5 Å². The van der Waals surface area contributed by atoms with Crippen LogP contribution in [0.4, 0.5) is 23.2 Å². The molecule has 0 saturated heterocycles. The third-order valence-electron chi connectivity index (χ3n) is 3.54. The van der Waals surface area contributed by atoms with E-state index in [-0.39, 0.29) is 10.3 Å². The molecule has 1 heterocycles. The minimum atomic E-state index is -4.35. The molecule has 6 nitrogen and oxygen atoms in total. The molecule has 0 aliphatic carbocycles. The second-order valence-electron chi connectivity index (χ2n) is 5.27. The number of fused-ring (bicyclic) bond motifs is 1. The number of aromatic amines is 1. The van der Waals surface area contributed by atoms with E-state index in [1.54, 1.807) is 0 Å². The Morgan fingerprint density at radius 1 is 1.15 bits per heavy atom. The fourth-order valence-corrected chi connectivity index (χ4v) is 3.62. The van der Waals surface area contributed by atoms with E-state index in [2.05, 4.69) is 9.72 Å². The number of nitrogens with one attached hydrogen (secondary N) is 2. The number of H-pyrrole nitrogens is 1. The van der Waals surface area contributed by atoms with Crippen LogP contribution in [0, 0.1) is 23.0 Å². The Hall–Kier alpha value is -3.26. The molecule has 27 heavy (non-hydrogen) atoms. The number of hydrogen-bond donors (Lipinski definition) is 2. The van der Waals surface area contributed by atoms with E-state index in [9.17, 15) is 26.0 Å². The van der Waals surface area contributed by atoms with Crippen molar-refractivity contribution >= 4 is 26.6 Å². The van der Waals surface area contributed by atoms with Crippen molar-refractivity contribution in [3.8, 4) is 11.8 Å². The highest BCUT2D eigenvalue weighted by Crippen LogP contribution is 2.30. The normalized spacial score (nSPS) is 11.6. The van der Waals surface area contributed by atoms with Gasteiger partial charge in [0.05, 0.1) is 17.3 Å². The molecule has 2 aromatic carbocycles. The molecule has 0 amide bonds. The minimum Gasteiger partial charge on any atom is -0.432 e. The van der Waals surface area contributed by atoms with E-state index in [4.69, 9.17) is 5.26 Å². The number of benzene rings is 2. The van der Waals surface area contributed by atoms with Gasteiger partial charge in [0.2, 0.25) is 0 Å². The Kier molecular flexibility index (Phi) is 4.67. The largest absolute Gasteiger partial charge is 0.432 e. The van der Waals surface area contributed by atoms with Crippen molar-refractivity contribution in [2.75, 3.05) is 4.72 Å². The maximum atomic E-state index is 14.0. The second-order valence-corrected chi connectivity index (χ2v) is 6.92. The summed E-state index contributed by atoms with van der Waals surface area (Å²) in [7, 11) is -4.35. The van der Waals surface area contributed by atoms with Gasteiger partial charge in [-0.2, -0.15) is 14.0 Å². The highest BCUT2D eigenvalue weighted by Gasteiger charge is 2.23. The van der Waals surface area contributed by atoms with Gasteiger partial charge in [0, 0.05) is 29.2 Å². The van der Waals surface area contributed by atoms with Gasteiger partial charge in [0.25, 0.3) is 10.0 Å². The number of hydrogen-bond acceptors (Lipinski definition) is 4. The van der Waals surface area contributed by atoms with Crippen molar-refractivity contribution in [2.24, 2.45) is 0 Å². The zero-order chi connectivity index (χ0) is 19.8. The molecule has 3 rings (SSSR count). The monoisotopic (exact) mass is 399 g/mol. The predicted molar refractivity (Wildman–Crippen MR) is 86.8 cm³/mol. The summed E-state index contributed by atoms with van der Waals surface area (Å²) in [6, 6.07) is 6.81. The molecular formula is C16H9F4N3O3S. The van der Waals surface area contributed by atoms with Crippen molar-refractivity contribution < 1.29 is 30.7 Å². The summed E-state index contributed by atoms with van der Waals surface area (Å²) >= 11 is 0. The molecule has 2 N–H and O–H groups in total. The summed E-state index contributed by atoms with van der Waals surface area (Å²) in [5.41, 5.74) is -0.136.